The standard InChI is InChI=1S/C36H60O12/c1-5-9-13-14-18-22-31(41)47-35-23-24-36(35,48-32(42)25-37)46-27(26-43-28(38)19-15-10-6-2)33(44-29(39)20-16-11-7-3)34(35)45-30(40)21-17-12-8-4/h27,33-34,37H,5-26H2,1-4H3/t27-,33-,34+,35+,36+/m1/s1. The molecule has 0 bridgehead atoms. The van der Waals surface area contributed by atoms with Gasteiger partial charge >= 0.3 is 29.8 Å². The molecule has 0 unspecified atom stereocenters. The Labute approximate surface area is 286 Å². The Bertz CT molecular complexity index is 1010. The number of carbonyl (C=O) groups is 5. The second-order valence-corrected chi connectivity index (χ2v) is 13.0. The predicted molar refractivity (Wildman–Crippen MR) is 175 cm³/mol. The molecule has 12 nitrogen and oxygen atoms in total. The quantitative estimate of drug-likeness (QED) is 0.0663. The van der Waals surface area contributed by atoms with E-state index in [4.69, 9.17) is 28.4 Å². The highest BCUT2D eigenvalue weighted by atomic mass is 16.8. The van der Waals surface area contributed by atoms with Gasteiger partial charge in [-0.05, 0) is 25.7 Å². The first-order valence-electron chi connectivity index (χ1n) is 18.4. The van der Waals surface area contributed by atoms with E-state index in [1.54, 1.807) is 0 Å². The Kier molecular flexibility index (Phi) is 19.1. The summed E-state index contributed by atoms with van der Waals surface area (Å²) in [5, 5.41) is 9.63. The average Bonchev–Trinajstić information content (AvgIpc) is 3.05. The zero-order valence-corrected chi connectivity index (χ0v) is 29.7. The van der Waals surface area contributed by atoms with Crippen LogP contribution in [0.25, 0.3) is 0 Å². The molecule has 2 fully saturated rings. The molecule has 0 aromatic carbocycles. The molecule has 1 saturated carbocycles. The molecular formula is C36H60O12. The van der Waals surface area contributed by atoms with E-state index in [9.17, 15) is 29.1 Å². The predicted octanol–water partition coefficient (Wildman–Crippen LogP) is 6.16. The minimum Gasteiger partial charge on any atom is -0.463 e. The summed E-state index contributed by atoms with van der Waals surface area (Å²) in [6.45, 7) is 6.73. The topological polar surface area (TPSA) is 161 Å². The summed E-state index contributed by atoms with van der Waals surface area (Å²) in [4.78, 5) is 65.2. The van der Waals surface area contributed by atoms with Crippen molar-refractivity contribution in [3.05, 3.63) is 0 Å². The third-order valence-corrected chi connectivity index (χ3v) is 9.01. The number of carbonyl (C=O) groups excluding carboxylic acids is 5. The number of esters is 5. The van der Waals surface area contributed by atoms with Crippen LogP contribution in [0, 0.1) is 0 Å². The van der Waals surface area contributed by atoms with Crippen molar-refractivity contribution in [3.63, 3.8) is 0 Å². The van der Waals surface area contributed by atoms with E-state index < -0.39 is 72.8 Å². The Morgan fingerprint density at radius 2 is 1.10 bits per heavy atom. The molecule has 0 amide bonds. The van der Waals surface area contributed by atoms with E-state index in [0.29, 0.717) is 25.7 Å². The van der Waals surface area contributed by atoms with Crippen LogP contribution in [0.5, 0.6) is 0 Å². The van der Waals surface area contributed by atoms with Crippen molar-refractivity contribution in [1.29, 1.82) is 0 Å². The lowest BCUT2D eigenvalue weighted by Crippen LogP contribution is -2.81. The fourth-order valence-corrected chi connectivity index (χ4v) is 6.20. The van der Waals surface area contributed by atoms with Crippen molar-refractivity contribution in [2.75, 3.05) is 13.2 Å². The van der Waals surface area contributed by atoms with Gasteiger partial charge in [-0.1, -0.05) is 91.9 Å². The number of fused-ring (bicyclic) bond motifs is 1. The second-order valence-electron chi connectivity index (χ2n) is 13.0. The van der Waals surface area contributed by atoms with Gasteiger partial charge in [-0.2, -0.15) is 0 Å². The van der Waals surface area contributed by atoms with Crippen LogP contribution in [0.15, 0.2) is 0 Å². The number of aliphatic hydroxyl groups excluding tert-OH is 1. The Morgan fingerprint density at radius 1 is 0.604 bits per heavy atom. The minimum atomic E-state index is -1.98. The van der Waals surface area contributed by atoms with E-state index in [0.717, 1.165) is 64.2 Å². The van der Waals surface area contributed by atoms with Gasteiger partial charge in [-0.15, -0.1) is 0 Å². The first kappa shape index (κ1) is 41.4. The lowest BCUT2D eigenvalue weighted by Gasteiger charge is -2.62. The van der Waals surface area contributed by atoms with E-state index in [1.165, 1.54) is 0 Å². The number of unbranched alkanes of at least 4 members (excludes halogenated alkanes) is 10. The van der Waals surface area contributed by atoms with E-state index in [1.807, 2.05) is 20.8 Å². The van der Waals surface area contributed by atoms with Crippen molar-refractivity contribution in [2.45, 2.75) is 186 Å². The summed E-state index contributed by atoms with van der Waals surface area (Å²) >= 11 is 0. The van der Waals surface area contributed by atoms with Crippen LogP contribution < -0.4 is 0 Å². The van der Waals surface area contributed by atoms with E-state index in [-0.39, 0.29) is 38.5 Å². The van der Waals surface area contributed by atoms with Gasteiger partial charge < -0.3 is 33.5 Å². The highest BCUT2D eigenvalue weighted by Crippen LogP contribution is 2.57. The maximum Gasteiger partial charge on any atom is 0.334 e. The van der Waals surface area contributed by atoms with Crippen LogP contribution in [0.2, 0.25) is 0 Å². The van der Waals surface area contributed by atoms with Gasteiger partial charge in [0.2, 0.25) is 5.60 Å². The van der Waals surface area contributed by atoms with Crippen molar-refractivity contribution in [3.8, 4) is 0 Å². The molecule has 1 saturated heterocycles. The van der Waals surface area contributed by atoms with Crippen molar-refractivity contribution >= 4 is 29.8 Å². The summed E-state index contributed by atoms with van der Waals surface area (Å²) in [5.41, 5.74) is -1.87. The Morgan fingerprint density at radius 3 is 1.65 bits per heavy atom. The maximum absolute atomic E-state index is 13.4. The molecule has 1 aliphatic heterocycles. The zero-order valence-electron chi connectivity index (χ0n) is 29.7. The van der Waals surface area contributed by atoms with Crippen molar-refractivity contribution < 1.29 is 57.5 Å². The summed E-state index contributed by atoms with van der Waals surface area (Å²) in [6.07, 6.45) is 7.70. The van der Waals surface area contributed by atoms with Crippen LogP contribution in [0.4, 0.5) is 0 Å². The molecule has 0 aromatic rings. The molecule has 276 valence electrons. The molecule has 1 heterocycles. The molecule has 2 aliphatic rings. The van der Waals surface area contributed by atoms with Gasteiger partial charge in [0, 0.05) is 38.5 Å². The SMILES string of the molecule is CCCCCCCC(=O)O[C@]12CC[C@@]1(OC(=O)CO)O[C@H](COC(=O)CCCCC)[C@@H](OC(=O)CCCCC)[C@@H]2OC(=O)CCCCC. The van der Waals surface area contributed by atoms with Gasteiger partial charge in [0.15, 0.2) is 12.2 Å². The van der Waals surface area contributed by atoms with Crippen LogP contribution in [0.1, 0.15) is 156 Å². The monoisotopic (exact) mass is 684 g/mol. The molecule has 48 heavy (non-hydrogen) atoms. The molecule has 1 aliphatic carbocycles. The van der Waals surface area contributed by atoms with E-state index >= 15 is 0 Å². The molecular weight excluding hydrogens is 624 g/mol. The minimum absolute atomic E-state index is 0.0323. The maximum atomic E-state index is 13.4. The van der Waals surface area contributed by atoms with Crippen LogP contribution >= 0.6 is 0 Å². The smallest absolute Gasteiger partial charge is 0.334 e. The summed E-state index contributed by atoms with van der Waals surface area (Å²) in [6, 6.07) is 0. The summed E-state index contributed by atoms with van der Waals surface area (Å²) in [5.74, 6) is -5.33. The van der Waals surface area contributed by atoms with Crippen LogP contribution in [0.3, 0.4) is 0 Å². The largest absolute Gasteiger partial charge is 0.463 e. The number of hydrogen-bond acceptors (Lipinski definition) is 12. The third-order valence-electron chi connectivity index (χ3n) is 9.01. The summed E-state index contributed by atoms with van der Waals surface area (Å²) < 4.78 is 35.8. The number of hydrogen-bond donors (Lipinski definition) is 1. The van der Waals surface area contributed by atoms with Crippen molar-refractivity contribution in [1.82, 2.24) is 0 Å². The van der Waals surface area contributed by atoms with Crippen molar-refractivity contribution in [2.24, 2.45) is 0 Å². The highest BCUT2D eigenvalue weighted by Gasteiger charge is 2.78. The molecule has 12 heteroatoms. The lowest BCUT2D eigenvalue weighted by molar-refractivity contribution is -0.429. The first-order chi connectivity index (χ1) is 23.1. The van der Waals surface area contributed by atoms with Gasteiger partial charge in [-0.3, -0.25) is 19.2 Å². The molecule has 1 N–H and O–H groups in total. The fraction of sp³-hybridized carbons (Fsp3) is 0.861. The van der Waals surface area contributed by atoms with Crippen LogP contribution in [-0.2, 0) is 52.4 Å². The summed E-state index contributed by atoms with van der Waals surface area (Å²) in [7, 11) is 0. The lowest BCUT2D eigenvalue weighted by atomic mass is 9.65. The first-order valence-corrected chi connectivity index (χ1v) is 18.4. The average molecular weight is 685 g/mol. The Balaban J connectivity index is 2.53. The fourth-order valence-electron chi connectivity index (χ4n) is 6.20. The Hall–Kier alpha value is -2.73. The molecule has 0 spiro atoms. The van der Waals surface area contributed by atoms with Gasteiger partial charge in [0.25, 0.3) is 5.79 Å². The van der Waals surface area contributed by atoms with Gasteiger partial charge in [0.1, 0.15) is 19.3 Å². The van der Waals surface area contributed by atoms with E-state index in [2.05, 4.69) is 6.92 Å². The van der Waals surface area contributed by atoms with Gasteiger partial charge in [0.05, 0.1) is 0 Å². The molecule has 5 atom stereocenters. The van der Waals surface area contributed by atoms with Crippen LogP contribution in [-0.4, -0.2) is 77.9 Å². The zero-order chi connectivity index (χ0) is 35.4. The normalized spacial score (nSPS) is 24.5. The van der Waals surface area contributed by atoms with Gasteiger partial charge in [-0.25, -0.2) is 4.79 Å². The second kappa shape index (κ2) is 22.1. The number of ether oxygens (including phenoxy) is 6. The molecule has 2 rings (SSSR count). The molecule has 0 aromatic heterocycles. The molecule has 0 radical (unpaired) electrons. The number of aliphatic hydroxyl groups is 1. The highest BCUT2D eigenvalue weighted by molar-refractivity contribution is 5.74. The number of rotatable bonds is 25. The third kappa shape index (κ3) is 12.3.